The van der Waals surface area contributed by atoms with Gasteiger partial charge < -0.3 is 5.73 Å². The fourth-order valence-corrected chi connectivity index (χ4v) is 3.28. The second kappa shape index (κ2) is 7.36. The zero-order chi connectivity index (χ0) is 15.4. The maximum absolute atomic E-state index is 6.35. The van der Waals surface area contributed by atoms with Crippen LogP contribution in [-0.2, 0) is 6.54 Å². The molecular weight excluding hydrogens is 302 g/mol. The molecule has 2 atom stereocenters. The highest BCUT2D eigenvalue weighted by Crippen LogP contribution is 2.27. The van der Waals surface area contributed by atoms with E-state index in [1.165, 1.54) is 5.56 Å². The number of hydrogen-bond acceptors (Lipinski definition) is 4. The van der Waals surface area contributed by atoms with E-state index in [-0.39, 0.29) is 12.1 Å². The van der Waals surface area contributed by atoms with Crippen LogP contribution in [0.4, 0.5) is 0 Å². The maximum Gasteiger partial charge on any atom is 0.0897 e. The summed E-state index contributed by atoms with van der Waals surface area (Å²) in [5.41, 5.74) is 8.65. The van der Waals surface area contributed by atoms with E-state index in [0.29, 0.717) is 0 Å². The molecule has 3 nitrogen and oxygen atoms in total. The van der Waals surface area contributed by atoms with Gasteiger partial charge in [-0.2, -0.15) is 0 Å². The Balaban J connectivity index is 2.20. The topological polar surface area (TPSA) is 42.1 Å². The number of aromatic nitrogens is 1. The first-order valence-corrected chi connectivity index (χ1v) is 8.39. The minimum absolute atomic E-state index is 0.0795. The van der Waals surface area contributed by atoms with E-state index in [1.54, 1.807) is 11.3 Å². The van der Waals surface area contributed by atoms with Gasteiger partial charge in [-0.05, 0) is 38.1 Å². The Kier molecular flexibility index (Phi) is 5.76. The lowest BCUT2D eigenvalue weighted by atomic mass is 9.96. The Morgan fingerprint density at radius 1 is 1.33 bits per heavy atom. The molecule has 0 aliphatic heterocycles. The molecule has 0 saturated heterocycles. The molecule has 0 amide bonds. The van der Waals surface area contributed by atoms with E-state index in [1.807, 2.05) is 19.1 Å². The van der Waals surface area contributed by atoms with Crippen molar-refractivity contribution in [1.29, 1.82) is 0 Å². The quantitative estimate of drug-likeness (QED) is 0.873. The lowest BCUT2D eigenvalue weighted by Gasteiger charge is -2.32. The average molecular weight is 324 g/mol. The molecule has 0 fully saturated rings. The van der Waals surface area contributed by atoms with Gasteiger partial charge in [0, 0.05) is 29.0 Å². The van der Waals surface area contributed by atoms with Crippen LogP contribution in [0.25, 0.3) is 0 Å². The summed E-state index contributed by atoms with van der Waals surface area (Å²) >= 11 is 7.67. The maximum atomic E-state index is 6.35. The van der Waals surface area contributed by atoms with E-state index in [9.17, 15) is 0 Å². The van der Waals surface area contributed by atoms with Gasteiger partial charge in [-0.25, -0.2) is 4.98 Å². The van der Waals surface area contributed by atoms with Gasteiger partial charge in [-0.3, -0.25) is 4.90 Å². The molecule has 1 heterocycles. The summed E-state index contributed by atoms with van der Waals surface area (Å²) in [4.78, 5) is 6.81. The number of hydrogen-bond donors (Lipinski definition) is 1. The summed E-state index contributed by atoms with van der Waals surface area (Å²) in [6.45, 7) is 4.95. The van der Waals surface area contributed by atoms with Crippen molar-refractivity contribution in [1.82, 2.24) is 9.88 Å². The van der Waals surface area contributed by atoms with Gasteiger partial charge in [0.1, 0.15) is 0 Å². The predicted molar refractivity (Wildman–Crippen MR) is 90.8 cm³/mol. The van der Waals surface area contributed by atoms with Gasteiger partial charge in [-0.15, -0.1) is 11.3 Å². The van der Waals surface area contributed by atoms with Gasteiger partial charge in [0.25, 0.3) is 0 Å². The van der Waals surface area contributed by atoms with Gasteiger partial charge >= 0.3 is 0 Å². The summed E-state index contributed by atoms with van der Waals surface area (Å²) in [5, 5.41) is 3.96. The van der Waals surface area contributed by atoms with Crippen molar-refractivity contribution in [2.75, 3.05) is 7.05 Å². The number of thiazole rings is 1. The standard InChI is InChI=1S/C16H22ClN3S/c1-4-15(18)16(12-5-7-13(17)8-6-12)20(3)9-14-10-21-11(2)19-14/h5-8,10,15-16H,4,9,18H2,1-3H3. The van der Waals surface area contributed by atoms with Crippen LogP contribution in [0.5, 0.6) is 0 Å². The monoisotopic (exact) mass is 323 g/mol. The van der Waals surface area contributed by atoms with Crippen molar-refractivity contribution in [3.8, 4) is 0 Å². The third kappa shape index (κ3) is 4.27. The normalized spacial score (nSPS) is 14.4. The highest BCUT2D eigenvalue weighted by atomic mass is 35.5. The van der Waals surface area contributed by atoms with Gasteiger partial charge in [0.2, 0.25) is 0 Å². The summed E-state index contributed by atoms with van der Waals surface area (Å²) in [6.07, 6.45) is 0.924. The first kappa shape index (κ1) is 16.4. The van der Waals surface area contributed by atoms with Crippen molar-refractivity contribution in [2.45, 2.75) is 38.9 Å². The minimum Gasteiger partial charge on any atom is -0.326 e. The Morgan fingerprint density at radius 2 is 2.00 bits per heavy atom. The second-order valence-corrected chi connectivity index (χ2v) is 6.84. The zero-order valence-corrected chi connectivity index (χ0v) is 14.3. The molecule has 2 aromatic rings. The fraction of sp³-hybridized carbons (Fsp3) is 0.438. The van der Waals surface area contributed by atoms with Crippen LogP contribution >= 0.6 is 22.9 Å². The second-order valence-electron chi connectivity index (χ2n) is 5.34. The van der Waals surface area contributed by atoms with E-state index in [2.05, 4.69) is 41.4 Å². The molecule has 1 aromatic heterocycles. The van der Waals surface area contributed by atoms with E-state index in [4.69, 9.17) is 17.3 Å². The fourth-order valence-electron chi connectivity index (χ4n) is 2.55. The Bertz CT molecular complexity index is 567. The summed E-state index contributed by atoms with van der Waals surface area (Å²) in [7, 11) is 2.10. The molecular formula is C16H22ClN3S. The molecule has 0 radical (unpaired) electrons. The van der Waals surface area contributed by atoms with Crippen LogP contribution in [0, 0.1) is 6.92 Å². The van der Waals surface area contributed by atoms with Crippen molar-refractivity contribution in [3.63, 3.8) is 0 Å². The molecule has 1 aromatic carbocycles. The summed E-state index contributed by atoms with van der Waals surface area (Å²) in [6, 6.07) is 8.21. The van der Waals surface area contributed by atoms with E-state index < -0.39 is 0 Å². The van der Waals surface area contributed by atoms with Crippen LogP contribution < -0.4 is 5.73 Å². The Labute approximate surface area is 135 Å². The molecule has 0 bridgehead atoms. The summed E-state index contributed by atoms with van der Waals surface area (Å²) in [5.74, 6) is 0. The number of nitrogens with zero attached hydrogens (tertiary/aromatic N) is 2. The van der Waals surface area contributed by atoms with Crippen LogP contribution in [-0.4, -0.2) is 23.0 Å². The summed E-state index contributed by atoms with van der Waals surface area (Å²) < 4.78 is 0. The van der Waals surface area contributed by atoms with Crippen LogP contribution in [0.2, 0.25) is 5.02 Å². The highest BCUT2D eigenvalue weighted by Gasteiger charge is 2.23. The molecule has 0 aliphatic rings. The lowest BCUT2D eigenvalue weighted by molar-refractivity contribution is 0.200. The number of halogens is 1. The number of benzene rings is 1. The lowest BCUT2D eigenvalue weighted by Crippen LogP contribution is -2.38. The molecule has 0 aliphatic carbocycles. The van der Waals surface area contributed by atoms with Gasteiger partial charge in [0.05, 0.1) is 10.7 Å². The van der Waals surface area contributed by atoms with Crippen molar-refractivity contribution < 1.29 is 0 Å². The highest BCUT2D eigenvalue weighted by molar-refractivity contribution is 7.09. The van der Waals surface area contributed by atoms with E-state index in [0.717, 1.165) is 28.7 Å². The zero-order valence-electron chi connectivity index (χ0n) is 12.7. The molecule has 0 saturated carbocycles. The molecule has 0 spiro atoms. The Hall–Kier alpha value is -0.940. The van der Waals surface area contributed by atoms with Crippen molar-refractivity contribution >= 4 is 22.9 Å². The van der Waals surface area contributed by atoms with Gasteiger partial charge in [0.15, 0.2) is 0 Å². The first-order chi connectivity index (χ1) is 10.0. The number of likely N-dealkylation sites (N-methyl/N-ethyl adjacent to an activating group) is 1. The minimum atomic E-state index is 0.0795. The van der Waals surface area contributed by atoms with Crippen LogP contribution in [0.1, 0.15) is 35.7 Å². The van der Waals surface area contributed by atoms with Crippen molar-refractivity contribution in [3.05, 3.63) is 50.9 Å². The molecule has 5 heteroatoms. The largest absolute Gasteiger partial charge is 0.326 e. The number of aryl methyl sites for hydroxylation is 1. The molecule has 2 rings (SSSR count). The molecule has 21 heavy (non-hydrogen) atoms. The van der Waals surface area contributed by atoms with Gasteiger partial charge in [-0.1, -0.05) is 30.7 Å². The van der Waals surface area contributed by atoms with Crippen LogP contribution in [0.15, 0.2) is 29.6 Å². The SMILES string of the molecule is CCC(N)C(c1ccc(Cl)cc1)N(C)Cc1csc(C)n1. The smallest absolute Gasteiger partial charge is 0.0897 e. The molecule has 114 valence electrons. The Morgan fingerprint density at radius 3 is 2.52 bits per heavy atom. The third-order valence-electron chi connectivity index (χ3n) is 3.64. The first-order valence-electron chi connectivity index (χ1n) is 7.13. The number of nitrogens with two attached hydrogens (primary N) is 1. The van der Waals surface area contributed by atoms with E-state index >= 15 is 0 Å². The number of rotatable bonds is 6. The van der Waals surface area contributed by atoms with Crippen molar-refractivity contribution in [2.24, 2.45) is 5.73 Å². The molecule has 2 N–H and O–H groups in total. The molecule has 2 unspecified atom stereocenters. The van der Waals surface area contributed by atoms with Crippen LogP contribution in [0.3, 0.4) is 0 Å². The predicted octanol–water partition coefficient (Wildman–Crippen LogP) is 4.02. The third-order valence-corrected chi connectivity index (χ3v) is 4.72. The average Bonchev–Trinajstić information content (AvgIpc) is 2.86.